The van der Waals surface area contributed by atoms with Crippen LogP contribution >= 0.6 is 0 Å². The summed E-state index contributed by atoms with van der Waals surface area (Å²) in [5, 5.41) is 12.0. The van der Waals surface area contributed by atoms with Crippen molar-refractivity contribution in [1.82, 2.24) is 4.98 Å². The van der Waals surface area contributed by atoms with Gasteiger partial charge in [-0.15, -0.1) is 0 Å². The van der Waals surface area contributed by atoms with E-state index in [0.29, 0.717) is 0 Å². The van der Waals surface area contributed by atoms with Crippen molar-refractivity contribution in [3.05, 3.63) is 24.0 Å². The third-order valence-corrected chi connectivity index (χ3v) is 3.34. The van der Waals surface area contributed by atoms with Crippen LogP contribution < -0.4 is 5.32 Å². The number of nitrogens with zero attached hydrogens (tertiary/aromatic N) is 1. The van der Waals surface area contributed by atoms with Gasteiger partial charge in [-0.25, -0.2) is 9.78 Å². The fourth-order valence-corrected chi connectivity index (χ4v) is 2.34. The van der Waals surface area contributed by atoms with E-state index in [1.807, 2.05) is 0 Å². The highest BCUT2D eigenvalue weighted by Crippen LogP contribution is 2.27. The van der Waals surface area contributed by atoms with Gasteiger partial charge < -0.3 is 10.4 Å². The molecule has 0 unspecified atom stereocenters. The predicted molar refractivity (Wildman–Crippen MR) is 66.3 cm³/mol. The average Bonchev–Trinajstić information content (AvgIpc) is 2.83. The Morgan fingerprint density at radius 2 is 2.18 bits per heavy atom. The Morgan fingerprint density at radius 3 is 2.76 bits per heavy atom. The normalized spacial score (nSPS) is 16.0. The molecule has 1 saturated carbocycles. The van der Waals surface area contributed by atoms with Gasteiger partial charge in [0.25, 0.3) is 0 Å². The first-order valence-corrected chi connectivity index (χ1v) is 6.19. The zero-order valence-electron chi connectivity index (χ0n) is 9.85. The number of carbonyl (C=O) groups is 1. The molecular weight excluding hydrogens is 216 g/mol. The van der Waals surface area contributed by atoms with Crippen molar-refractivity contribution >= 4 is 11.7 Å². The molecule has 1 heterocycles. The summed E-state index contributed by atoms with van der Waals surface area (Å²) < 4.78 is 0. The topological polar surface area (TPSA) is 62.2 Å². The molecule has 4 nitrogen and oxygen atoms in total. The number of hydrogen-bond acceptors (Lipinski definition) is 3. The minimum atomic E-state index is -0.984. The number of aromatic carboxylic acids is 1. The van der Waals surface area contributed by atoms with Gasteiger partial charge in [-0.3, -0.25) is 0 Å². The molecule has 0 aliphatic heterocycles. The van der Waals surface area contributed by atoms with Crippen LogP contribution in [0.1, 0.15) is 42.6 Å². The van der Waals surface area contributed by atoms with Gasteiger partial charge in [-0.05, 0) is 24.5 Å². The Bertz CT molecular complexity index is 370. The van der Waals surface area contributed by atoms with Crippen molar-refractivity contribution in [3.63, 3.8) is 0 Å². The van der Waals surface area contributed by atoms with E-state index in [0.717, 1.165) is 18.2 Å². The fourth-order valence-electron chi connectivity index (χ4n) is 2.34. The minimum Gasteiger partial charge on any atom is -0.477 e. The van der Waals surface area contributed by atoms with Gasteiger partial charge in [0.15, 0.2) is 0 Å². The number of hydrogen-bond donors (Lipinski definition) is 2. The van der Waals surface area contributed by atoms with Crippen LogP contribution in [0.5, 0.6) is 0 Å². The first kappa shape index (κ1) is 11.9. The van der Waals surface area contributed by atoms with E-state index in [9.17, 15) is 4.79 Å². The molecule has 0 saturated heterocycles. The maximum Gasteiger partial charge on any atom is 0.354 e. The fraction of sp³-hybridized carbons (Fsp3) is 0.538. The number of rotatable bonds is 5. The monoisotopic (exact) mass is 234 g/mol. The number of pyridine rings is 1. The van der Waals surface area contributed by atoms with E-state index < -0.39 is 5.97 Å². The summed E-state index contributed by atoms with van der Waals surface area (Å²) >= 11 is 0. The molecule has 1 aliphatic carbocycles. The molecule has 0 aromatic carbocycles. The summed E-state index contributed by atoms with van der Waals surface area (Å²) in [7, 11) is 0. The van der Waals surface area contributed by atoms with Gasteiger partial charge in [0, 0.05) is 6.54 Å². The summed E-state index contributed by atoms with van der Waals surface area (Å²) in [5.41, 5.74) is 0.985. The van der Waals surface area contributed by atoms with Crippen LogP contribution in [0.15, 0.2) is 18.3 Å². The molecule has 0 bridgehead atoms. The smallest absolute Gasteiger partial charge is 0.354 e. The second-order valence-corrected chi connectivity index (χ2v) is 4.60. The molecule has 2 N–H and O–H groups in total. The third-order valence-electron chi connectivity index (χ3n) is 3.34. The molecule has 2 rings (SSSR count). The first-order valence-electron chi connectivity index (χ1n) is 6.19. The van der Waals surface area contributed by atoms with Crippen molar-refractivity contribution in [2.45, 2.75) is 32.1 Å². The highest BCUT2D eigenvalue weighted by Gasteiger charge is 2.14. The molecule has 0 atom stereocenters. The number of nitrogens with one attached hydrogen (secondary N) is 1. The first-order chi connectivity index (χ1) is 8.25. The van der Waals surface area contributed by atoms with Crippen LogP contribution in [0.2, 0.25) is 0 Å². The van der Waals surface area contributed by atoms with Gasteiger partial charge >= 0.3 is 5.97 Å². The maximum absolute atomic E-state index is 10.6. The lowest BCUT2D eigenvalue weighted by Gasteiger charge is -2.10. The molecule has 0 spiro atoms. The van der Waals surface area contributed by atoms with Crippen molar-refractivity contribution in [1.29, 1.82) is 0 Å². The lowest BCUT2D eigenvalue weighted by molar-refractivity contribution is 0.0690. The van der Waals surface area contributed by atoms with Crippen LogP contribution in [0.4, 0.5) is 5.69 Å². The zero-order valence-corrected chi connectivity index (χ0v) is 9.85. The SMILES string of the molecule is O=C(O)c1ccc(NCCC2CCCC2)cn1. The predicted octanol–water partition coefficient (Wildman–Crippen LogP) is 2.77. The summed E-state index contributed by atoms with van der Waals surface area (Å²) in [4.78, 5) is 14.5. The largest absolute Gasteiger partial charge is 0.477 e. The Kier molecular flexibility index (Phi) is 3.96. The van der Waals surface area contributed by atoms with Gasteiger partial charge in [-0.2, -0.15) is 0 Å². The lowest BCUT2D eigenvalue weighted by atomic mass is 10.0. The molecule has 1 aromatic heterocycles. The standard InChI is InChI=1S/C13H18N2O2/c16-13(17)12-6-5-11(9-15-12)14-8-7-10-3-1-2-4-10/h5-6,9-10,14H,1-4,7-8H2,(H,16,17). The van der Waals surface area contributed by atoms with E-state index in [-0.39, 0.29) is 5.69 Å². The number of carboxylic acids is 1. The highest BCUT2D eigenvalue weighted by molar-refractivity contribution is 5.85. The van der Waals surface area contributed by atoms with E-state index in [4.69, 9.17) is 5.11 Å². The quantitative estimate of drug-likeness (QED) is 0.822. The Hall–Kier alpha value is -1.58. The Morgan fingerprint density at radius 1 is 1.41 bits per heavy atom. The van der Waals surface area contributed by atoms with Gasteiger partial charge in [0.1, 0.15) is 5.69 Å². The number of aromatic nitrogens is 1. The van der Waals surface area contributed by atoms with Gasteiger partial charge in [0.2, 0.25) is 0 Å². The molecule has 1 fully saturated rings. The zero-order chi connectivity index (χ0) is 12.1. The lowest BCUT2D eigenvalue weighted by Crippen LogP contribution is -2.07. The van der Waals surface area contributed by atoms with Crippen LogP contribution in [0, 0.1) is 5.92 Å². The molecule has 1 aliphatic rings. The molecule has 0 amide bonds. The van der Waals surface area contributed by atoms with Crippen LogP contribution in [-0.2, 0) is 0 Å². The van der Waals surface area contributed by atoms with E-state index in [1.165, 1.54) is 38.2 Å². The average molecular weight is 234 g/mol. The summed E-state index contributed by atoms with van der Waals surface area (Å²) in [6.07, 6.45) is 8.24. The number of carboxylic acid groups (broad SMARTS) is 1. The highest BCUT2D eigenvalue weighted by atomic mass is 16.4. The van der Waals surface area contributed by atoms with E-state index in [2.05, 4.69) is 10.3 Å². The van der Waals surface area contributed by atoms with Crippen LogP contribution in [-0.4, -0.2) is 22.6 Å². The van der Waals surface area contributed by atoms with Crippen molar-refractivity contribution < 1.29 is 9.90 Å². The Balaban J connectivity index is 1.76. The molecule has 1 aromatic rings. The van der Waals surface area contributed by atoms with Crippen molar-refractivity contribution in [2.75, 3.05) is 11.9 Å². The second-order valence-electron chi connectivity index (χ2n) is 4.60. The van der Waals surface area contributed by atoms with Crippen molar-refractivity contribution in [2.24, 2.45) is 5.92 Å². The van der Waals surface area contributed by atoms with Crippen LogP contribution in [0.25, 0.3) is 0 Å². The molecule has 4 heteroatoms. The van der Waals surface area contributed by atoms with Gasteiger partial charge in [0.05, 0.1) is 11.9 Å². The molecular formula is C13H18N2O2. The second kappa shape index (κ2) is 5.66. The summed E-state index contributed by atoms with van der Waals surface area (Å²) in [6.45, 7) is 0.943. The van der Waals surface area contributed by atoms with Crippen LogP contribution in [0.3, 0.4) is 0 Å². The molecule has 0 radical (unpaired) electrons. The van der Waals surface area contributed by atoms with E-state index in [1.54, 1.807) is 12.3 Å². The van der Waals surface area contributed by atoms with Gasteiger partial charge in [-0.1, -0.05) is 25.7 Å². The maximum atomic E-state index is 10.6. The summed E-state index contributed by atoms with van der Waals surface area (Å²) in [5.74, 6) is -0.115. The van der Waals surface area contributed by atoms with E-state index >= 15 is 0 Å². The number of anilines is 1. The van der Waals surface area contributed by atoms with Crippen molar-refractivity contribution in [3.8, 4) is 0 Å². The summed E-state index contributed by atoms with van der Waals surface area (Å²) in [6, 6.07) is 3.30. The molecule has 17 heavy (non-hydrogen) atoms. The minimum absolute atomic E-state index is 0.0892. The Labute approximate surface area is 101 Å². The third kappa shape index (κ3) is 3.44. The molecule has 92 valence electrons.